The highest BCUT2D eigenvalue weighted by Crippen LogP contribution is 2.35. The molecule has 0 radical (unpaired) electrons. The number of methoxy groups -OCH3 is 1. The molecule has 100 valence electrons. The predicted octanol–water partition coefficient (Wildman–Crippen LogP) is 2.42. The largest absolute Gasteiger partial charge is 0.469 e. The summed E-state index contributed by atoms with van der Waals surface area (Å²) in [7, 11) is 2.88. The van der Waals surface area contributed by atoms with Gasteiger partial charge in [0.05, 0.1) is 18.6 Å². The minimum Gasteiger partial charge on any atom is -0.469 e. The number of rotatable bonds is 4. The van der Waals surface area contributed by atoms with Gasteiger partial charge in [-0.1, -0.05) is 6.07 Å². The summed E-state index contributed by atoms with van der Waals surface area (Å²) >= 11 is 0. The summed E-state index contributed by atoms with van der Waals surface area (Å²) in [6.45, 7) is 3.28. The summed E-state index contributed by atoms with van der Waals surface area (Å²) in [6, 6.07) is 2.69. The Kier molecular flexibility index (Phi) is 4.40. The van der Waals surface area contributed by atoms with E-state index in [0.717, 1.165) is 12.1 Å². The minimum atomic E-state index is -0.970. The van der Waals surface area contributed by atoms with Crippen LogP contribution in [0.3, 0.4) is 0 Å². The van der Waals surface area contributed by atoms with E-state index in [2.05, 4.69) is 5.32 Å². The lowest BCUT2D eigenvalue weighted by Crippen LogP contribution is -2.39. The van der Waals surface area contributed by atoms with E-state index in [1.807, 2.05) is 0 Å². The fraction of sp³-hybridized carbons (Fsp3) is 0.462. The van der Waals surface area contributed by atoms with Gasteiger partial charge in [-0.15, -0.1) is 0 Å². The van der Waals surface area contributed by atoms with Crippen molar-refractivity contribution in [3.8, 4) is 0 Å². The summed E-state index contributed by atoms with van der Waals surface area (Å²) in [5, 5.41) is 2.87. The van der Waals surface area contributed by atoms with Crippen LogP contribution in [-0.4, -0.2) is 20.1 Å². The Bertz CT molecular complexity index is 447. The molecule has 1 aromatic carbocycles. The van der Waals surface area contributed by atoms with Gasteiger partial charge in [0.25, 0.3) is 0 Å². The highest BCUT2D eigenvalue weighted by Gasteiger charge is 2.39. The van der Waals surface area contributed by atoms with Gasteiger partial charge in [0.15, 0.2) is 0 Å². The molecule has 18 heavy (non-hydrogen) atoms. The van der Waals surface area contributed by atoms with Crippen molar-refractivity contribution in [2.75, 3.05) is 14.2 Å². The highest BCUT2D eigenvalue weighted by molar-refractivity contribution is 5.77. The van der Waals surface area contributed by atoms with Crippen molar-refractivity contribution in [1.82, 2.24) is 5.32 Å². The smallest absolute Gasteiger partial charge is 0.313 e. The molecular weight excluding hydrogens is 240 g/mol. The average Bonchev–Trinajstić information content (AvgIpc) is 2.31. The molecule has 1 aromatic rings. The summed E-state index contributed by atoms with van der Waals surface area (Å²) in [6.07, 6.45) is 0. The second-order valence-corrected chi connectivity index (χ2v) is 4.60. The first-order chi connectivity index (χ1) is 8.34. The molecule has 0 aliphatic carbocycles. The fourth-order valence-electron chi connectivity index (χ4n) is 2.02. The number of esters is 1. The molecule has 0 amide bonds. The Morgan fingerprint density at radius 2 is 2.00 bits per heavy atom. The van der Waals surface area contributed by atoms with Gasteiger partial charge in [0.2, 0.25) is 0 Å². The Hall–Kier alpha value is -1.49. The third kappa shape index (κ3) is 2.67. The zero-order valence-corrected chi connectivity index (χ0v) is 10.9. The van der Waals surface area contributed by atoms with E-state index in [1.165, 1.54) is 13.2 Å². The monoisotopic (exact) mass is 257 g/mol. The van der Waals surface area contributed by atoms with E-state index >= 15 is 0 Å². The molecule has 0 spiro atoms. The predicted molar refractivity (Wildman–Crippen MR) is 64.0 cm³/mol. The number of hydrogen-bond donors (Lipinski definition) is 1. The van der Waals surface area contributed by atoms with E-state index < -0.39 is 29.1 Å². The number of nitrogens with one attached hydrogen (secondary N) is 1. The molecule has 1 N–H and O–H groups in total. The Morgan fingerprint density at radius 3 is 2.44 bits per heavy atom. The van der Waals surface area contributed by atoms with Gasteiger partial charge in [0.1, 0.15) is 11.6 Å². The maximum absolute atomic E-state index is 13.8. The fourth-order valence-corrected chi connectivity index (χ4v) is 2.02. The molecule has 0 saturated heterocycles. The molecule has 1 atom stereocenters. The standard InChI is InChI=1S/C13H17F2NO2/c1-13(2,12(17)18-4)11(16-3)9-6-5-8(14)7-10(9)15/h5-7,11,16H,1-4H3. The molecule has 3 nitrogen and oxygen atoms in total. The number of hydrogen-bond acceptors (Lipinski definition) is 3. The van der Waals surface area contributed by atoms with Crippen LogP contribution in [0.1, 0.15) is 25.5 Å². The highest BCUT2D eigenvalue weighted by atomic mass is 19.1. The molecule has 0 aliphatic rings. The van der Waals surface area contributed by atoms with E-state index in [0.29, 0.717) is 0 Å². The number of ether oxygens (including phenoxy) is 1. The lowest BCUT2D eigenvalue weighted by atomic mass is 9.80. The molecular formula is C13H17F2NO2. The molecule has 0 aromatic heterocycles. The van der Waals surface area contributed by atoms with Crippen molar-refractivity contribution in [2.45, 2.75) is 19.9 Å². The van der Waals surface area contributed by atoms with Crippen LogP contribution in [0.4, 0.5) is 8.78 Å². The first-order valence-corrected chi connectivity index (χ1v) is 5.55. The van der Waals surface area contributed by atoms with Crippen LogP contribution in [0.2, 0.25) is 0 Å². The molecule has 0 fully saturated rings. The number of carbonyl (C=O) groups is 1. The molecule has 0 bridgehead atoms. The lowest BCUT2D eigenvalue weighted by Gasteiger charge is -2.32. The van der Waals surface area contributed by atoms with Crippen LogP contribution in [0.5, 0.6) is 0 Å². The Balaban J connectivity index is 3.21. The maximum atomic E-state index is 13.8. The van der Waals surface area contributed by atoms with E-state index in [1.54, 1.807) is 20.9 Å². The van der Waals surface area contributed by atoms with Crippen LogP contribution >= 0.6 is 0 Å². The van der Waals surface area contributed by atoms with E-state index in [-0.39, 0.29) is 5.56 Å². The van der Waals surface area contributed by atoms with E-state index in [4.69, 9.17) is 4.74 Å². The molecule has 5 heteroatoms. The van der Waals surface area contributed by atoms with Gasteiger partial charge >= 0.3 is 5.97 Å². The average molecular weight is 257 g/mol. The maximum Gasteiger partial charge on any atom is 0.313 e. The van der Waals surface area contributed by atoms with Crippen LogP contribution in [-0.2, 0) is 9.53 Å². The van der Waals surface area contributed by atoms with Crippen molar-refractivity contribution in [3.05, 3.63) is 35.4 Å². The lowest BCUT2D eigenvalue weighted by molar-refractivity contribution is -0.152. The first-order valence-electron chi connectivity index (χ1n) is 5.55. The summed E-state index contributed by atoms with van der Waals surface area (Å²) in [5.41, 5.74) is -0.739. The topological polar surface area (TPSA) is 38.3 Å². The quantitative estimate of drug-likeness (QED) is 0.842. The van der Waals surface area contributed by atoms with Crippen molar-refractivity contribution >= 4 is 5.97 Å². The molecule has 1 rings (SSSR count). The third-order valence-electron chi connectivity index (χ3n) is 3.00. The third-order valence-corrected chi connectivity index (χ3v) is 3.00. The van der Waals surface area contributed by atoms with Crippen LogP contribution < -0.4 is 5.32 Å². The van der Waals surface area contributed by atoms with Crippen molar-refractivity contribution in [1.29, 1.82) is 0 Å². The normalized spacial score (nSPS) is 13.2. The van der Waals surface area contributed by atoms with Crippen molar-refractivity contribution in [2.24, 2.45) is 5.41 Å². The van der Waals surface area contributed by atoms with Gasteiger partial charge in [-0.05, 0) is 27.0 Å². The molecule has 0 saturated carbocycles. The summed E-state index contributed by atoms with van der Waals surface area (Å²) in [4.78, 5) is 11.7. The van der Waals surface area contributed by atoms with Crippen LogP contribution in [0.15, 0.2) is 18.2 Å². The minimum absolute atomic E-state index is 0.231. The van der Waals surface area contributed by atoms with Crippen molar-refractivity contribution < 1.29 is 18.3 Å². The Morgan fingerprint density at radius 1 is 1.39 bits per heavy atom. The van der Waals surface area contributed by atoms with Gasteiger partial charge < -0.3 is 10.1 Å². The van der Waals surface area contributed by atoms with Gasteiger partial charge in [-0.3, -0.25) is 4.79 Å². The Labute approximate surface area is 105 Å². The first kappa shape index (κ1) is 14.6. The second-order valence-electron chi connectivity index (χ2n) is 4.60. The SMILES string of the molecule is CNC(c1ccc(F)cc1F)C(C)(C)C(=O)OC. The number of benzene rings is 1. The molecule has 0 aliphatic heterocycles. The van der Waals surface area contributed by atoms with Crippen LogP contribution in [0, 0.1) is 17.0 Å². The second kappa shape index (κ2) is 5.44. The van der Waals surface area contributed by atoms with Crippen LogP contribution in [0.25, 0.3) is 0 Å². The number of halogens is 2. The zero-order valence-electron chi connectivity index (χ0n) is 10.9. The van der Waals surface area contributed by atoms with Gasteiger partial charge in [-0.2, -0.15) is 0 Å². The van der Waals surface area contributed by atoms with E-state index in [9.17, 15) is 13.6 Å². The van der Waals surface area contributed by atoms with Gasteiger partial charge in [-0.25, -0.2) is 8.78 Å². The molecule has 1 unspecified atom stereocenters. The summed E-state index contributed by atoms with van der Waals surface area (Å²) in [5.74, 6) is -1.81. The van der Waals surface area contributed by atoms with Gasteiger partial charge in [0, 0.05) is 11.6 Å². The summed E-state index contributed by atoms with van der Waals surface area (Å²) < 4.78 is 31.3. The molecule has 0 heterocycles. The number of carbonyl (C=O) groups excluding carboxylic acids is 1. The zero-order chi connectivity index (χ0) is 13.9. The van der Waals surface area contributed by atoms with Crippen molar-refractivity contribution in [3.63, 3.8) is 0 Å².